The van der Waals surface area contributed by atoms with Crippen LogP contribution >= 0.6 is 0 Å². The van der Waals surface area contributed by atoms with E-state index in [0.717, 1.165) is 21.7 Å². The molecule has 15 nitrogen and oxygen atoms in total. The van der Waals surface area contributed by atoms with E-state index in [9.17, 15) is 33.6 Å². The Balaban J connectivity index is 0.905. The number of anilines is 3. The Hall–Kier alpha value is -7.42. The summed E-state index contributed by atoms with van der Waals surface area (Å²) in [6.07, 6.45) is 3.82. The molecule has 6 amide bonds. The molecule has 60 heavy (non-hydrogen) atoms. The molecule has 2 aliphatic rings. The van der Waals surface area contributed by atoms with Crippen molar-refractivity contribution in [1.29, 1.82) is 0 Å². The van der Waals surface area contributed by atoms with E-state index >= 15 is 0 Å². The number of unbranched alkanes of at least 4 members (excludes halogenated alkanes) is 2. The smallest absolute Gasteiger partial charge is 0.264 e. The topological polar surface area (TPSA) is 205 Å². The monoisotopic (exact) mass is 809 g/mol. The highest BCUT2D eigenvalue weighted by Crippen LogP contribution is 2.38. The number of benzene rings is 4. The summed E-state index contributed by atoms with van der Waals surface area (Å²) in [4.78, 5) is 94.5. The summed E-state index contributed by atoms with van der Waals surface area (Å²) in [5, 5.41) is 14.9. The number of fused-ring (bicyclic) bond motifs is 2. The SMILES string of the molecule is CNC(=O)c1cnc2cc(OC)c(-c3ccc(C(=O)NCCCCCC(=O)CNc4cccc5c4C(=O)N(C4CCC(=O)NC4=O)C5=O)cc3)cc2c1Nc1ccccc1. The van der Waals surface area contributed by atoms with Gasteiger partial charge in [-0.15, -0.1) is 0 Å². The molecule has 2 aliphatic heterocycles. The highest BCUT2D eigenvalue weighted by Gasteiger charge is 2.45. The molecular weight excluding hydrogens is 767 g/mol. The minimum Gasteiger partial charge on any atom is -0.496 e. The van der Waals surface area contributed by atoms with Crippen LogP contribution in [0.15, 0.2) is 91.1 Å². The number of nitrogens with one attached hydrogen (secondary N) is 5. The number of para-hydroxylation sites is 1. The number of nitrogens with zero attached hydrogens (tertiary/aromatic N) is 2. The second-order valence-corrected chi connectivity index (χ2v) is 14.4. The lowest BCUT2D eigenvalue weighted by atomic mass is 9.98. The number of imide groups is 2. The van der Waals surface area contributed by atoms with Gasteiger partial charge in [0.15, 0.2) is 5.78 Å². The molecule has 5 aromatic rings. The van der Waals surface area contributed by atoms with Crippen molar-refractivity contribution >= 4 is 69.2 Å². The van der Waals surface area contributed by atoms with Gasteiger partial charge in [0, 0.05) is 66.6 Å². The number of methoxy groups -OCH3 is 1. The lowest BCUT2D eigenvalue weighted by Gasteiger charge is -2.27. The zero-order chi connectivity index (χ0) is 42.3. The quantitative estimate of drug-likeness (QED) is 0.0632. The van der Waals surface area contributed by atoms with Crippen molar-refractivity contribution in [3.63, 3.8) is 0 Å². The predicted octanol–water partition coefficient (Wildman–Crippen LogP) is 5.39. The summed E-state index contributed by atoms with van der Waals surface area (Å²) in [5.74, 6) is -2.44. The Morgan fingerprint density at radius 3 is 2.38 bits per heavy atom. The summed E-state index contributed by atoms with van der Waals surface area (Å²) in [6.45, 7) is 0.354. The van der Waals surface area contributed by atoms with Gasteiger partial charge in [0.2, 0.25) is 11.8 Å². The Kier molecular flexibility index (Phi) is 12.2. The van der Waals surface area contributed by atoms with E-state index in [1.165, 1.54) is 12.3 Å². The van der Waals surface area contributed by atoms with E-state index in [1.54, 1.807) is 38.4 Å². The molecule has 306 valence electrons. The first-order valence-electron chi connectivity index (χ1n) is 19.6. The molecular formula is C45H43N7O8. The Morgan fingerprint density at radius 2 is 1.65 bits per heavy atom. The maximum atomic E-state index is 13.3. The lowest BCUT2D eigenvalue weighted by Crippen LogP contribution is -2.54. The van der Waals surface area contributed by atoms with Crippen molar-refractivity contribution in [1.82, 2.24) is 25.8 Å². The summed E-state index contributed by atoms with van der Waals surface area (Å²) in [6, 6.07) is 24.0. The zero-order valence-electron chi connectivity index (χ0n) is 33.1. The van der Waals surface area contributed by atoms with Crippen LogP contribution in [0.5, 0.6) is 5.75 Å². The molecule has 1 unspecified atom stereocenters. The zero-order valence-corrected chi connectivity index (χ0v) is 33.1. The Bertz CT molecular complexity index is 2520. The largest absolute Gasteiger partial charge is 0.496 e. The number of hydrogen-bond acceptors (Lipinski definition) is 11. The van der Waals surface area contributed by atoms with E-state index < -0.39 is 29.7 Å². The van der Waals surface area contributed by atoms with Gasteiger partial charge in [-0.2, -0.15) is 0 Å². The number of rotatable bonds is 16. The first-order valence-corrected chi connectivity index (χ1v) is 19.6. The van der Waals surface area contributed by atoms with Gasteiger partial charge >= 0.3 is 0 Å². The fourth-order valence-electron chi connectivity index (χ4n) is 7.40. The third-order valence-corrected chi connectivity index (χ3v) is 10.5. The molecule has 0 aliphatic carbocycles. The second-order valence-electron chi connectivity index (χ2n) is 14.4. The summed E-state index contributed by atoms with van der Waals surface area (Å²) in [7, 11) is 3.14. The first kappa shape index (κ1) is 40.8. The molecule has 3 heterocycles. The van der Waals surface area contributed by atoms with Crippen LogP contribution in [-0.2, 0) is 14.4 Å². The van der Waals surface area contributed by atoms with Gasteiger partial charge in [0.1, 0.15) is 11.8 Å². The van der Waals surface area contributed by atoms with Gasteiger partial charge in [-0.05, 0) is 67.3 Å². The summed E-state index contributed by atoms with van der Waals surface area (Å²) < 4.78 is 5.74. The van der Waals surface area contributed by atoms with Crippen molar-refractivity contribution in [3.05, 3.63) is 113 Å². The average Bonchev–Trinajstić information content (AvgIpc) is 3.52. The van der Waals surface area contributed by atoms with Gasteiger partial charge in [-0.3, -0.25) is 48.8 Å². The van der Waals surface area contributed by atoms with Crippen molar-refractivity contribution in [3.8, 4) is 16.9 Å². The molecule has 1 atom stereocenters. The number of piperidine rings is 1. The standard InChI is InChI=1S/C45H43N7O8/c1-46-42(56)33-25-49-35-23-37(60-2)31(22-32(35)40(33)50-28-10-5-3-6-11-28)26-15-17-27(18-16-26)41(55)47-21-8-4-7-12-29(53)24-48-34-14-9-13-30-39(34)45(59)52(44(30)58)36-19-20-38(54)51-43(36)57/h3,5-6,9-11,13-18,22-23,25,36,48H,4,7-8,12,19-21,24H2,1-2H3,(H,46,56)(H,47,55)(H,49,50)(H,51,54,57). The van der Waals surface area contributed by atoms with Crippen molar-refractivity contribution < 1.29 is 38.3 Å². The molecule has 0 bridgehead atoms. The maximum Gasteiger partial charge on any atom is 0.264 e. The van der Waals surface area contributed by atoms with Gasteiger partial charge in [-0.25, -0.2) is 0 Å². The summed E-state index contributed by atoms with van der Waals surface area (Å²) >= 11 is 0. The molecule has 1 saturated heterocycles. The molecule has 0 saturated carbocycles. The number of aromatic nitrogens is 1. The van der Waals surface area contributed by atoms with Gasteiger partial charge in [0.25, 0.3) is 23.6 Å². The normalized spacial score (nSPS) is 14.7. The predicted molar refractivity (Wildman–Crippen MR) is 224 cm³/mol. The molecule has 15 heteroatoms. The summed E-state index contributed by atoms with van der Waals surface area (Å²) in [5.41, 5.74) is 4.99. The maximum absolute atomic E-state index is 13.3. The van der Waals surface area contributed by atoms with Crippen LogP contribution in [0, 0.1) is 0 Å². The number of ether oxygens (including phenoxy) is 1. The van der Waals surface area contributed by atoms with Crippen LogP contribution in [0.1, 0.15) is 80.0 Å². The van der Waals surface area contributed by atoms with E-state index in [1.807, 2.05) is 54.6 Å². The third-order valence-electron chi connectivity index (χ3n) is 10.5. The van der Waals surface area contributed by atoms with Gasteiger partial charge in [-0.1, -0.05) is 42.8 Å². The number of amides is 6. The number of carbonyl (C=O) groups is 7. The van der Waals surface area contributed by atoms with Gasteiger partial charge < -0.3 is 26.0 Å². The first-order chi connectivity index (χ1) is 29.1. The fraction of sp³-hybridized carbons (Fsp3) is 0.244. The minimum absolute atomic E-state index is 0.0207. The highest BCUT2D eigenvalue weighted by molar-refractivity contribution is 6.25. The molecule has 0 spiro atoms. The fourth-order valence-corrected chi connectivity index (χ4v) is 7.40. The van der Waals surface area contributed by atoms with E-state index in [-0.39, 0.29) is 54.5 Å². The molecule has 1 aromatic heterocycles. The molecule has 0 radical (unpaired) electrons. The number of hydrogen-bond donors (Lipinski definition) is 5. The minimum atomic E-state index is -1.08. The Morgan fingerprint density at radius 1 is 0.867 bits per heavy atom. The van der Waals surface area contributed by atoms with Crippen LogP contribution in [0.2, 0.25) is 0 Å². The van der Waals surface area contributed by atoms with Crippen molar-refractivity contribution in [2.75, 3.05) is 37.9 Å². The number of pyridine rings is 1. The van der Waals surface area contributed by atoms with Crippen LogP contribution in [0.3, 0.4) is 0 Å². The van der Waals surface area contributed by atoms with Crippen molar-refractivity contribution in [2.45, 2.75) is 44.6 Å². The van der Waals surface area contributed by atoms with Crippen LogP contribution < -0.4 is 31.3 Å². The number of carbonyl (C=O) groups excluding carboxylic acids is 7. The van der Waals surface area contributed by atoms with Crippen LogP contribution in [-0.4, -0.2) is 84.4 Å². The van der Waals surface area contributed by atoms with Crippen molar-refractivity contribution in [2.24, 2.45) is 0 Å². The molecule has 5 N–H and O–H groups in total. The van der Waals surface area contributed by atoms with Crippen LogP contribution in [0.4, 0.5) is 17.1 Å². The lowest BCUT2D eigenvalue weighted by molar-refractivity contribution is -0.136. The number of Topliss-reactive ketones (excluding diaryl/α,β-unsaturated/α-hetero) is 1. The van der Waals surface area contributed by atoms with Crippen LogP contribution in [0.25, 0.3) is 22.0 Å². The van der Waals surface area contributed by atoms with E-state index in [0.29, 0.717) is 65.0 Å². The average molecular weight is 810 g/mol. The molecule has 4 aromatic carbocycles. The highest BCUT2D eigenvalue weighted by atomic mass is 16.5. The van der Waals surface area contributed by atoms with Gasteiger partial charge in [0.05, 0.1) is 41.5 Å². The number of ketones is 1. The second kappa shape index (κ2) is 18.0. The van der Waals surface area contributed by atoms with E-state index in [4.69, 9.17) is 4.74 Å². The van der Waals surface area contributed by atoms with E-state index in [2.05, 4.69) is 31.6 Å². The third kappa shape index (κ3) is 8.55. The Labute approximate surface area is 345 Å². The molecule has 1 fully saturated rings. The molecule has 7 rings (SSSR count).